The number of rotatable bonds is 4. The van der Waals surface area contributed by atoms with E-state index in [1.54, 1.807) is 31.0 Å². The third-order valence-corrected chi connectivity index (χ3v) is 2.99. The molecular formula is C14H17N3O4. The van der Waals surface area contributed by atoms with Crippen LogP contribution >= 0.6 is 0 Å². The van der Waals surface area contributed by atoms with Crippen molar-refractivity contribution in [2.45, 2.75) is 33.7 Å². The van der Waals surface area contributed by atoms with Gasteiger partial charge < -0.3 is 9.64 Å². The van der Waals surface area contributed by atoms with E-state index in [0.29, 0.717) is 5.57 Å². The first-order chi connectivity index (χ1) is 9.84. The lowest BCUT2D eigenvalue weighted by Crippen LogP contribution is -2.33. The molecule has 0 unspecified atom stereocenters. The molecule has 0 saturated carbocycles. The summed E-state index contributed by atoms with van der Waals surface area (Å²) in [5.41, 5.74) is 0.119. The molecule has 1 rings (SSSR count). The molecule has 0 aliphatic carbocycles. The van der Waals surface area contributed by atoms with Crippen LogP contribution in [0.3, 0.4) is 0 Å². The first-order valence-corrected chi connectivity index (χ1v) is 6.48. The molecule has 0 aromatic heterocycles. The molecule has 0 aromatic carbocycles. The molecule has 0 bridgehead atoms. The van der Waals surface area contributed by atoms with Crippen molar-refractivity contribution in [1.29, 1.82) is 5.26 Å². The van der Waals surface area contributed by atoms with Crippen LogP contribution in [-0.4, -0.2) is 28.4 Å². The van der Waals surface area contributed by atoms with Gasteiger partial charge in [0.25, 0.3) is 0 Å². The van der Waals surface area contributed by atoms with Crippen LogP contribution in [-0.2, 0) is 9.53 Å². The average molecular weight is 291 g/mol. The highest BCUT2D eigenvalue weighted by Gasteiger charge is 2.30. The van der Waals surface area contributed by atoms with E-state index in [4.69, 9.17) is 10.00 Å². The first kappa shape index (κ1) is 16.4. The van der Waals surface area contributed by atoms with Crippen LogP contribution in [0, 0.1) is 21.4 Å². The topological polar surface area (TPSA) is 96.5 Å². The molecule has 112 valence electrons. The Labute approximate surface area is 122 Å². The maximum absolute atomic E-state index is 12.1. The minimum absolute atomic E-state index is 0.0294. The summed E-state index contributed by atoms with van der Waals surface area (Å²) < 4.78 is 5.01. The van der Waals surface area contributed by atoms with E-state index in [2.05, 4.69) is 0 Å². The molecule has 21 heavy (non-hydrogen) atoms. The van der Waals surface area contributed by atoms with Crippen LogP contribution in [0.1, 0.15) is 27.7 Å². The minimum Gasteiger partial charge on any atom is -0.461 e. The van der Waals surface area contributed by atoms with Crippen LogP contribution in [0.5, 0.6) is 0 Å². The van der Waals surface area contributed by atoms with Gasteiger partial charge in [-0.25, -0.2) is 4.79 Å². The molecule has 1 heterocycles. The molecule has 0 amide bonds. The van der Waals surface area contributed by atoms with Gasteiger partial charge >= 0.3 is 11.7 Å². The average Bonchev–Trinajstić information content (AvgIpc) is 2.40. The normalized spacial score (nSPS) is 16.9. The van der Waals surface area contributed by atoms with Crippen LogP contribution < -0.4 is 0 Å². The predicted molar refractivity (Wildman–Crippen MR) is 75.1 cm³/mol. The van der Waals surface area contributed by atoms with Crippen LogP contribution in [0.2, 0.25) is 0 Å². The fourth-order valence-electron chi connectivity index (χ4n) is 2.02. The van der Waals surface area contributed by atoms with Gasteiger partial charge in [-0.1, -0.05) is 0 Å². The van der Waals surface area contributed by atoms with Crippen molar-refractivity contribution in [3.8, 4) is 6.07 Å². The van der Waals surface area contributed by atoms with Crippen molar-refractivity contribution in [2.75, 3.05) is 6.61 Å². The van der Waals surface area contributed by atoms with Gasteiger partial charge in [0.2, 0.25) is 0 Å². The molecule has 1 aliphatic heterocycles. The second-order valence-electron chi connectivity index (χ2n) is 4.64. The highest BCUT2D eigenvalue weighted by Crippen LogP contribution is 2.29. The summed E-state index contributed by atoms with van der Waals surface area (Å²) in [5, 5.41) is 19.9. The van der Waals surface area contributed by atoms with Crippen molar-refractivity contribution in [3.63, 3.8) is 0 Å². The van der Waals surface area contributed by atoms with Crippen molar-refractivity contribution in [1.82, 2.24) is 4.90 Å². The number of carbonyl (C=O) groups is 1. The van der Waals surface area contributed by atoms with Crippen molar-refractivity contribution in [2.24, 2.45) is 0 Å². The molecule has 0 N–H and O–H groups in total. The van der Waals surface area contributed by atoms with Crippen molar-refractivity contribution < 1.29 is 14.5 Å². The Morgan fingerprint density at radius 3 is 2.62 bits per heavy atom. The van der Waals surface area contributed by atoms with Gasteiger partial charge in [0.1, 0.15) is 5.70 Å². The molecular weight excluding hydrogens is 274 g/mol. The number of esters is 1. The number of carbonyl (C=O) groups excluding carboxylic acids is 1. The Hall–Kier alpha value is -2.62. The molecule has 0 fully saturated rings. The number of nitro groups is 1. The molecule has 0 spiro atoms. The smallest absolute Gasteiger partial charge is 0.355 e. The van der Waals surface area contributed by atoms with Gasteiger partial charge in [-0.3, -0.25) is 10.1 Å². The lowest BCUT2D eigenvalue weighted by molar-refractivity contribution is -0.418. The largest absolute Gasteiger partial charge is 0.461 e. The predicted octanol–water partition coefficient (Wildman–Crippen LogP) is 2.12. The van der Waals surface area contributed by atoms with Gasteiger partial charge in [0.05, 0.1) is 17.1 Å². The Morgan fingerprint density at radius 1 is 1.57 bits per heavy atom. The summed E-state index contributed by atoms with van der Waals surface area (Å²) in [7, 11) is 0. The minimum atomic E-state index is -0.753. The Morgan fingerprint density at radius 2 is 2.19 bits per heavy atom. The second-order valence-corrected chi connectivity index (χ2v) is 4.64. The second kappa shape index (κ2) is 6.70. The van der Waals surface area contributed by atoms with Gasteiger partial charge in [0, 0.05) is 12.2 Å². The number of ether oxygens (including phenoxy) is 1. The van der Waals surface area contributed by atoms with Gasteiger partial charge in [-0.05, 0) is 39.3 Å². The van der Waals surface area contributed by atoms with Crippen molar-refractivity contribution in [3.05, 3.63) is 44.9 Å². The monoisotopic (exact) mass is 291 g/mol. The fraction of sp³-hybridized carbons (Fsp3) is 0.429. The van der Waals surface area contributed by atoms with E-state index in [1.807, 2.05) is 13.8 Å². The molecule has 0 aromatic rings. The molecule has 0 atom stereocenters. The molecule has 7 heteroatoms. The Balaban J connectivity index is 3.50. The molecule has 0 saturated heterocycles. The number of hydrogen-bond acceptors (Lipinski definition) is 6. The number of hydrogen-bond donors (Lipinski definition) is 0. The van der Waals surface area contributed by atoms with E-state index >= 15 is 0 Å². The summed E-state index contributed by atoms with van der Waals surface area (Å²) in [4.78, 5) is 24.0. The summed E-state index contributed by atoms with van der Waals surface area (Å²) in [6.07, 6.45) is 3.03. The maximum Gasteiger partial charge on any atom is 0.355 e. The summed E-state index contributed by atoms with van der Waals surface area (Å²) in [5.74, 6) is -0.564. The maximum atomic E-state index is 12.1. The van der Waals surface area contributed by atoms with E-state index in [-0.39, 0.29) is 23.9 Å². The van der Waals surface area contributed by atoms with Crippen LogP contribution in [0.25, 0.3) is 0 Å². The number of nitrogens with zero attached hydrogens (tertiary/aromatic N) is 3. The summed E-state index contributed by atoms with van der Waals surface area (Å²) in [6.45, 7) is 7.21. The Kier molecular flexibility index (Phi) is 5.24. The van der Waals surface area contributed by atoms with Gasteiger partial charge in [0.15, 0.2) is 6.07 Å². The van der Waals surface area contributed by atoms with Gasteiger partial charge in [-0.15, -0.1) is 0 Å². The summed E-state index contributed by atoms with van der Waals surface area (Å²) in [6, 6.07) is 1.53. The van der Waals surface area contributed by atoms with E-state index in [9.17, 15) is 14.9 Å². The zero-order valence-electron chi connectivity index (χ0n) is 12.4. The number of nitriles is 1. The first-order valence-electron chi connectivity index (χ1n) is 6.48. The molecule has 1 aliphatic rings. The molecule has 0 radical (unpaired) electrons. The van der Waals surface area contributed by atoms with Crippen molar-refractivity contribution >= 4 is 5.97 Å². The Bertz CT molecular complexity index is 594. The van der Waals surface area contributed by atoms with E-state index in [0.717, 1.165) is 0 Å². The van der Waals surface area contributed by atoms with Gasteiger partial charge in [-0.2, -0.15) is 5.26 Å². The number of allylic oxidation sites excluding steroid dienone is 4. The zero-order valence-corrected chi connectivity index (χ0v) is 12.4. The zero-order chi connectivity index (χ0) is 16.2. The highest BCUT2D eigenvalue weighted by atomic mass is 16.6. The van der Waals surface area contributed by atoms with E-state index < -0.39 is 16.6 Å². The van der Waals surface area contributed by atoms with Crippen LogP contribution in [0.15, 0.2) is 34.8 Å². The standard InChI is InChI=1S/C14H17N3O4/c1-5-21-14(18)13-10(4)11(12(8-15)17(19)20)6-7-16(13)9(2)3/h6-7,9H,5H2,1-4H3. The lowest BCUT2D eigenvalue weighted by Gasteiger charge is -2.30. The van der Waals surface area contributed by atoms with Crippen LogP contribution in [0.4, 0.5) is 0 Å². The highest BCUT2D eigenvalue weighted by molar-refractivity contribution is 5.90. The SMILES string of the molecule is CCOC(=O)C1=C(C)C(=C(C#N)[N+](=O)[O-])C=CN1C(C)C. The third kappa shape index (κ3) is 3.28. The molecule has 7 nitrogen and oxygen atoms in total. The fourth-order valence-corrected chi connectivity index (χ4v) is 2.02. The quantitative estimate of drug-likeness (QED) is 0.340. The summed E-state index contributed by atoms with van der Waals surface area (Å²) >= 11 is 0. The van der Waals surface area contributed by atoms with E-state index in [1.165, 1.54) is 6.08 Å². The lowest BCUT2D eigenvalue weighted by atomic mass is 9.99. The third-order valence-electron chi connectivity index (χ3n) is 2.99.